The number of aryl methyl sites for hydroxylation is 2. The predicted octanol–water partition coefficient (Wildman–Crippen LogP) is 2.55. The van der Waals surface area contributed by atoms with Crippen molar-refractivity contribution >= 4 is 11.6 Å². The average Bonchev–Trinajstić information content (AvgIpc) is 2.85. The third kappa shape index (κ3) is 3.21. The van der Waals surface area contributed by atoms with Crippen LogP contribution in [0.4, 0.5) is 11.6 Å². The summed E-state index contributed by atoms with van der Waals surface area (Å²) in [5.41, 5.74) is 0. The van der Waals surface area contributed by atoms with Gasteiger partial charge in [-0.1, -0.05) is 6.92 Å². The molecule has 0 bridgehead atoms. The lowest BCUT2D eigenvalue weighted by atomic mass is 10.3. The molecule has 0 aliphatic rings. The molecule has 0 aromatic carbocycles. The van der Waals surface area contributed by atoms with Gasteiger partial charge in [0.05, 0.1) is 6.20 Å². The zero-order chi connectivity index (χ0) is 13.8. The number of rotatable bonds is 5. The fourth-order valence-corrected chi connectivity index (χ4v) is 1.71. The van der Waals surface area contributed by atoms with E-state index in [0.29, 0.717) is 5.89 Å². The summed E-state index contributed by atoms with van der Waals surface area (Å²) in [5.74, 6) is 3.81. The van der Waals surface area contributed by atoms with Gasteiger partial charge >= 0.3 is 0 Å². The van der Waals surface area contributed by atoms with Crippen LogP contribution < -0.4 is 10.6 Å². The van der Waals surface area contributed by atoms with Gasteiger partial charge in [-0.05, 0) is 13.8 Å². The van der Waals surface area contributed by atoms with Crippen LogP contribution in [0.1, 0.15) is 37.4 Å². The number of nitrogens with zero attached hydrogens (tertiary/aromatic N) is 3. The van der Waals surface area contributed by atoms with Crippen molar-refractivity contribution in [1.29, 1.82) is 0 Å². The van der Waals surface area contributed by atoms with Gasteiger partial charge < -0.3 is 15.1 Å². The standard InChI is InChI=1S/C13H19N5O/c1-5-10-17-11(14-4)6-12(18-10)16-9(3)13-15-7-8(2)19-13/h6-7,9H,5H2,1-4H3,(H2,14,16,17,18). The highest BCUT2D eigenvalue weighted by Crippen LogP contribution is 2.19. The van der Waals surface area contributed by atoms with Crippen molar-refractivity contribution in [3.63, 3.8) is 0 Å². The molecule has 0 radical (unpaired) electrons. The maximum atomic E-state index is 5.50. The molecule has 2 aromatic heterocycles. The maximum absolute atomic E-state index is 5.50. The van der Waals surface area contributed by atoms with E-state index in [0.717, 1.165) is 29.6 Å². The molecule has 6 nitrogen and oxygen atoms in total. The Bertz CT molecular complexity index is 529. The molecule has 2 aromatic rings. The molecule has 0 saturated heterocycles. The number of hydrogen-bond acceptors (Lipinski definition) is 6. The van der Waals surface area contributed by atoms with Crippen molar-refractivity contribution in [3.8, 4) is 0 Å². The molecule has 0 amide bonds. The third-order valence-corrected chi connectivity index (χ3v) is 2.72. The Balaban J connectivity index is 2.18. The molecular formula is C13H19N5O. The van der Waals surface area contributed by atoms with Gasteiger partial charge in [0.25, 0.3) is 0 Å². The second kappa shape index (κ2) is 5.69. The monoisotopic (exact) mass is 261 g/mol. The van der Waals surface area contributed by atoms with Gasteiger partial charge in [-0.25, -0.2) is 15.0 Å². The Morgan fingerprint density at radius 2 is 2.05 bits per heavy atom. The first-order chi connectivity index (χ1) is 9.12. The molecule has 0 spiro atoms. The van der Waals surface area contributed by atoms with E-state index in [1.54, 1.807) is 6.20 Å². The van der Waals surface area contributed by atoms with Crippen LogP contribution in [0, 0.1) is 6.92 Å². The van der Waals surface area contributed by atoms with Crippen molar-refractivity contribution in [1.82, 2.24) is 15.0 Å². The molecule has 1 atom stereocenters. The first kappa shape index (κ1) is 13.3. The molecule has 2 N–H and O–H groups in total. The second-order valence-corrected chi connectivity index (χ2v) is 4.33. The third-order valence-electron chi connectivity index (χ3n) is 2.72. The van der Waals surface area contributed by atoms with Gasteiger partial charge in [0.15, 0.2) is 0 Å². The smallest absolute Gasteiger partial charge is 0.216 e. The second-order valence-electron chi connectivity index (χ2n) is 4.33. The molecule has 2 rings (SSSR count). The van der Waals surface area contributed by atoms with Gasteiger partial charge in [-0.2, -0.15) is 0 Å². The molecule has 102 valence electrons. The van der Waals surface area contributed by atoms with E-state index >= 15 is 0 Å². The van der Waals surface area contributed by atoms with E-state index in [2.05, 4.69) is 25.6 Å². The van der Waals surface area contributed by atoms with Crippen LogP contribution in [-0.2, 0) is 6.42 Å². The zero-order valence-electron chi connectivity index (χ0n) is 11.7. The number of nitrogens with one attached hydrogen (secondary N) is 2. The Morgan fingerprint density at radius 3 is 2.63 bits per heavy atom. The lowest BCUT2D eigenvalue weighted by Crippen LogP contribution is -2.10. The van der Waals surface area contributed by atoms with Gasteiger partial charge in [0.2, 0.25) is 5.89 Å². The first-order valence-corrected chi connectivity index (χ1v) is 6.37. The van der Waals surface area contributed by atoms with Gasteiger partial charge in [-0.15, -0.1) is 0 Å². The van der Waals surface area contributed by atoms with Crippen LogP contribution in [0.25, 0.3) is 0 Å². The van der Waals surface area contributed by atoms with E-state index in [9.17, 15) is 0 Å². The molecule has 6 heteroatoms. The average molecular weight is 261 g/mol. The van der Waals surface area contributed by atoms with Crippen molar-refractivity contribution in [2.24, 2.45) is 0 Å². The van der Waals surface area contributed by atoms with Crippen molar-refractivity contribution in [2.45, 2.75) is 33.2 Å². The molecule has 0 aliphatic heterocycles. The largest absolute Gasteiger partial charge is 0.444 e. The summed E-state index contributed by atoms with van der Waals surface area (Å²) < 4.78 is 5.50. The summed E-state index contributed by atoms with van der Waals surface area (Å²) in [6.45, 7) is 5.89. The van der Waals surface area contributed by atoms with E-state index in [4.69, 9.17) is 4.42 Å². The Hall–Kier alpha value is -2.11. The quantitative estimate of drug-likeness (QED) is 0.861. The van der Waals surface area contributed by atoms with Crippen molar-refractivity contribution in [3.05, 3.63) is 29.7 Å². The topological polar surface area (TPSA) is 75.9 Å². The lowest BCUT2D eigenvalue weighted by molar-refractivity contribution is 0.453. The molecular weight excluding hydrogens is 242 g/mol. The summed E-state index contributed by atoms with van der Waals surface area (Å²) in [6.07, 6.45) is 2.50. The van der Waals surface area contributed by atoms with Crippen molar-refractivity contribution in [2.75, 3.05) is 17.7 Å². The number of anilines is 2. The summed E-state index contributed by atoms with van der Waals surface area (Å²) in [4.78, 5) is 13.0. The summed E-state index contributed by atoms with van der Waals surface area (Å²) >= 11 is 0. The fourth-order valence-electron chi connectivity index (χ4n) is 1.71. The molecule has 19 heavy (non-hydrogen) atoms. The SMILES string of the molecule is CCc1nc(NC)cc(NC(C)c2ncc(C)o2)n1. The van der Waals surface area contributed by atoms with Crippen LogP contribution in [-0.4, -0.2) is 22.0 Å². The van der Waals surface area contributed by atoms with Crippen LogP contribution in [0.15, 0.2) is 16.7 Å². The molecule has 2 heterocycles. The van der Waals surface area contributed by atoms with Gasteiger partial charge in [0.1, 0.15) is 29.3 Å². The molecule has 1 unspecified atom stereocenters. The molecule has 0 fully saturated rings. The summed E-state index contributed by atoms with van der Waals surface area (Å²) in [6, 6.07) is 1.82. The number of oxazole rings is 1. The minimum atomic E-state index is -0.0435. The van der Waals surface area contributed by atoms with Crippen LogP contribution in [0.5, 0.6) is 0 Å². The molecule has 0 saturated carbocycles. The highest BCUT2D eigenvalue weighted by molar-refractivity contribution is 5.47. The number of aromatic nitrogens is 3. The Labute approximate surface area is 112 Å². The zero-order valence-corrected chi connectivity index (χ0v) is 11.7. The Morgan fingerprint density at radius 1 is 1.32 bits per heavy atom. The van der Waals surface area contributed by atoms with Gasteiger partial charge in [-0.3, -0.25) is 0 Å². The summed E-state index contributed by atoms with van der Waals surface area (Å²) in [5, 5.41) is 6.30. The fraction of sp³-hybridized carbons (Fsp3) is 0.462. The minimum absolute atomic E-state index is 0.0435. The van der Waals surface area contributed by atoms with E-state index in [1.807, 2.05) is 33.9 Å². The maximum Gasteiger partial charge on any atom is 0.216 e. The Kier molecular flexibility index (Phi) is 3.99. The highest BCUT2D eigenvalue weighted by atomic mass is 16.4. The lowest BCUT2D eigenvalue weighted by Gasteiger charge is -2.13. The van der Waals surface area contributed by atoms with Crippen LogP contribution >= 0.6 is 0 Å². The van der Waals surface area contributed by atoms with E-state index in [-0.39, 0.29) is 6.04 Å². The minimum Gasteiger partial charge on any atom is -0.444 e. The van der Waals surface area contributed by atoms with Gasteiger partial charge in [0, 0.05) is 19.5 Å². The highest BCUT2D eigenvalue weighted by Gasteiger charge is 2.12. The van der Waals surface area contributed by atoms with E-state index in [1.165, 1.54) is 0 Å². The first-order valence-electron chi connectivity index (χ1n) is 6.37. The van der Waals surface area contributed by atoms with Crippen molar-refractivity contribution < 1.29 is 4.42 Å². The molecule has 0 aliphatic carbocycles. The number of hydrogen-bond donors (Lipinski definition) is 2. The van der Waals surface area contributed by atoms with Crippen LogP contribution in [0.2, 0.25) is 0 Å². The van der Waals surface area contributed by atoms with E-state index < -0.39 is 0 Å². The van der Waals surface area contributed by atoms with Crippen LogP contribution in [0.3, 0.4) is 0 Å². The summed E-state index contributed by atoms with van der Waals surface area (Å²) in [7, 11) is 1.84. The predicted molar refractivity (Wildman–Crippen MR) is 74.2 cm³/mol. The normalized spacial score (nSPS) is 12.2.